The Labute approximate surface area is 119 Å². The summed E-state index contributed by atoms with van der Waals surface area (Å²) < 4.78 is 6.04. The van der Waals surface area contributed by atoms with Crippen molar-refractivity contribution in [3.63, 3.8) is 0 Å². The Hall–Kier alpha value is -0.480. The summed E-state index contributed by atoms with van der Waals surface area (Å²) >= 11 is 0. The molecular formula is C18H30O. The van der Waals surface area contributed by atoms with Crippen LogP contribution in [0, 0.1) is 17.3 Å². The van der Waals surface area contributed by atoms with E-state index < -0.39 is 0 Å². The van der Waals surface area contributed by atoms with Crippen LogP contribution in [0.1, 0.15) is 85.0 Å². The van der Waals surface area contributed by atoms with Gasteiger partial charge < -0.3 is 4.74 Å². The zero-order valence-corrected chi connectivity index (χ0v) is 13.1. The predicted octanol–water partition coefficient (Wildman–Crippen LogP) is 5.09. The monoisotopic (exact) mass is 262 g/mol. The van der Waals surface area contributed by atoms with Crippen molar-refractivity contribution < 1.29 is 4.74 Å². The van der Waals surface area contributed by atoms with E-state index in [-0.39, 0.29) is 11.0 Å². The molecule has 1 heteroatoms. The molecule has 1 heterocycles. The van der Waals surface area contributed by atoms with Crippen molar-refractivity contribution in [2.75, 3.05) is 0 Å². The molecule has 0 radical (unpaired) electrons. The first-order valence-electron chi connectivity index (χ1n) is 8.24. The summed E-state index contributed by atoms with van der Waals surface area (Å²) in [5.74, 6) is 6.90. The number of rotatable bonds is 0. The van der Waals surface area contributed by atoms with Crippen molar-refractivity contribution in [1.82, 2.24) is 0 Å². The summed E-state index contributed by atoms with van der Waals surface area (Å²) in [5.41, 5.74) is 0.0292. The van der Waals surface area contributed by atoms with E-state index in [4.69, 9.17) is 4.74 Å². The van der Waals surface area contributed by atoms with Crippen LogP contribution in [0.25, 0.3) is 0 Å². The van der Waals surface area contributed by atoms with Crippen LogP contribution in [0.15, 0.2) is 0 Å². The van der Waals surface area contributed by atoms with Crippen molar-refractivity contribution in [1.29, 1.82) is 0 Å². The molecule has 19 heavy (non-hydrogen) atoms. The smallest absolute Gasteiger partial charge is 0.155 e. The normalized spacial score (nSPS) is 33.1. The van der Waals surface area contributed by atoms with Gasteiger partial charge in [0.2, 0.25) is 0 Å². The number of epoxide rings is 1. The second kappa shape index (κ2) is 6.31. The lowest BCUT2D eigenvalue weighted by atomic mass is 9.90. The van der Waals surface area contributed by atoms with Gasteiger partial charge >= 0.3 is 0 Å². The molecule has 108 valence electrons. The van der Waals surface area contributed by atoms with Gasteiger partial charge in [0.15, 0.2) is 5.60 Å². The minimum absolute atomic E-state index is 0.0630. The zero-order valence-electron chi connectivity index (χ0n) is 13.1. The summed E-state index contributed by atoms with van der Waals surface area (Å²) in [6, 6.07) is 0. The second-order valence-electron chi connectivity index (χ2n) is 7.36. The highest BCUT2D eigenvalue weighted by Gasteiger charge is 2.54. The Bertz CT molecular complexity index is 341. The molecule has 0 spiro atoms. The van der Waals surface area contributed by atoms with Crippen LogP contribution in [-0.2, 0) is 4.74 Å². The standard InChI is InChI=1S/C18H30O/c1-17(2,3)14-15-18-13-11-9-7-5-4-6-8-10-12-16(18)19-18/h16H,4-13H2,1-3H3/t16-,18+/m0/s1. The molecule has 1 saturated heterocycles. The third-order valence-electron chi connectivity index (χ3n) is 4.23. The third kappa shape index (κ3) is 4.84. The molecule has 1 aliphatic heterocycles. The lowest BCUT2D eigenvalue weighted by Gasteiger charge is -2.11. The fourth-order valence-corrected chi connectivity index (χ4v) is 2.98. The van der Waals surface area contributed by atoms with Gasteiger partial charge in [-0.15, -0.1) is 0 Å². The van der Waals surface area contributed by atoms with Gasteiger partial charge in [-0.2, -0.15) is 0 Å². The molecule has 0 aromatic rings. The molecule has 1 saturated carbocycles. The number of hydrogen-bond donors (Lipinski definition) is 0. The fraction of sp³-hybridized carbons (Fsp3) is 0.889. The van der Waals surface area contributed by atoms with E-state index in [1.165, 1.54) is 57.8 Å². The fourth-order valence-electron chi connectivity index (χ4n) is 2.98. The molecule has 0 aromatic carbocycles. The van der Waals surface area contributed by atoms with E-state index in [9.17, 15) is 0 Å². The first-order valence-corrected chi connectivity index (χ1v) is 8.24. The van der Waals surface area contributed by atoms with Crippen molar-refractivity contribution in [3.8, 4) is 11.8 Å². The third-order valence-corrected chi connectivity index (χ3v) is 4.23. The largest absolute Gasteiger partial charge is 0.352 e. The van der Waals surface area contributed by atoms with E-state index >= 15 is 0 Å². The highest BCUT2D eigenvalue weighted by Crippen LogP contribution is 2.44. The minimum atomic E-state index is -0.0630. The molecule has 2 rings (SSSR count). The van der Waals surface area contributed by atoms with Gasteiger partial charge in [0.25, 0.3) is 0 Å². The summed E-state index contributed by atoms with van der Waals surface area (Å²) in [7, 11) is 0. The Kier molecular flexibility index (Phi) is 4.96. The van der Waals surface area contributed by atoms with Crippen LogP contribution < -0.4 is 0 Å². The maximum absolute atomic E-state index is 6.04. The topological polar surface area (TPSA) is 12.5 Å². The van der Waals surface area contributed by atoms with Gasteiger partial charge in [-0.1, -0.05) is 56.8 Å². The van der Waals surface area contributed by atoms with Crippen molar-refractivity contribution in [3.05, 3.63) is 0 Å². The average molecular weight is 262 g/mol. The molecule has 2 aliphatic rings. The van der Waals surface area contributed by atoms with Gasteiger partial charge in [-0.3, -0.25) is 0 Å². The summed E-state index contributed by atoms with van der Waals surface area (Å²) in [5, 5.41) is 0. The van der Waals surface area contributed by atoms with Gasteiger partial charge in [0, 0.05) is 5.41 Å². The first-order chi connectivity index (χ1) is 9.02. The van der Waals surface area contributed by atoms with E-state index in [0.29, 0.717) is 6.10 Å². The lowest BCUT2D eigenvalue weighted by Crippen LogP contribution is -2.14. The highest BCUT2D eigenvalue weighted by atomic mass is 16.6. The number of hydrogen-bond acceptors (Lipinski definition) is 1. The SMILES string of the molecule is CC(C)(C)C#C[C@]12CCCCCCCCCC[C@@H]1O2. The van der Waals surface area contributed by atoms with Gasteiger partial charge in [-0.05, 0) is 40.0 Å². The van der Waals surface area contributed by atoms with Crippen LogP contribution in [0.4, 0.5) is 0 Å². The van der Waals surface area contributed by atoms with E-state index in [1.54, 1.807) is 0 Å². The minimum Gasteiger partial charge on any atom is -0.352 e. The highest BCUT2D eigenvalue weighted by molar-refractivity contribution is 5.27. The molecule has 0 aromatic heterocycles. The van der Waals surface area contributed by atoms with Crippen LogP contribution in [0.2, 0.25) is 0 Å². The molecular weight excluding hydrogens is 232 g/mol. The average Bonchev–Trinajstić information content (AvgIpc) is 3.00. The van der Waals surface area contributed by atoms with Gasteiger partial charge in [0.1, 0.15) is 0 Å². The van der Waals surface area contributed by atoms with Gasteiger partial charge in [0.05, 0.1) is 6.10 Å². The van der Waals surface area contributed by atoms with Crippen molar-refractivity contribution in [2.45, 2.75) is 96.7 Å². The van der Waals surface area contributed by atoms with Crippen LogP contribution in [-0.4, -0.2) is 11.7 Å². The van der Waals surface area contributed by atoms with E-state index in [0.717, 1.165) is 6.42 Å². The predicted molar refractivity (Wildman–Crippen MR) is 81.0 cm³/mol. The molecule has 2 atom stereocenters. The summed E-state index contributed by atoms with van der Waals surface area (Å²) in [4.78, 5) is 0. The zero-order chi connectivity index (χ0) is 13.8. The molecule has 1 nitrogen and oxygen atoms in total. The van der Waals surface area contributed by atoms with Crippen molar-refractivity contribution >= 4 is 0 Å². The van der Waals surface area contributed by atoms with Crippen LogP contribution >= 0.6 is 0 Å². The lowest BCUT2D eigenvalue weighted by molar-refractivity contribution is 0.315. The van der Waals surface area contributed by atoms with Crippen molar-refractivity contribution in [2.24, 2.45) is 5.41 Å². The number of fused-ring (bicyclic) bond motifs is 1. The van der Waals surface area contributed by atoms with Crippen LogP contribution in [0.3, 0.4) is 0 Å². The van der Waals surface area contributed by atoms with Crippen LogP contribution in [0.5, 0.6) is 0 Å². The molecule has 2 fully saturated rings. The first kappa shape index (κ1) is 14.9. The maximum atomic E-state index is 6.04. The molecule has 0 N–H and O–H groups in total. The molecule has 0 unspecified atom stereocenters. The molecule has 0 bridgehead atoms. The summed E-state index contributed by atoms with van der Waals surface area (Å²) in [6.07, 6.45) is 13.8. The number of ether oxygens (including phenoxy) is 1. The Morgan fingerprint density at radius 3 is 2.11 bits per heavy atom. The Morgan fingerprint density at radius 2 is 1.47 bits per heavy atom. The summed E-state index contributed by atoms with van der Waals surface area (Å²) in [6.45, 7) is 6.55. The maximum Gasteiger partial charge on any atom is 0.155 e. The quantitative estimate of drug-likeness (QED) is 0.437. The molecule has 1 aliphatic carbocycles. The van der Waals surface area contributed by atoms with E-state index in [1.807, 2.05) is 0 Å². The Morgan fingerprint density at radius 1 is 0.895 bits per heavy atom. The second-order valence-corrected chi connectivity index (χ2v) is 7.36. The molecule has 0 amide bonds. The van der Waals surface area contributed by atoms with Gasteiger partial charge in [-0.25, -0.2) is 0 Å². The Balaban J connectivity index is 1.95. The van der Waals surface area contributed by atoms with E-state index in [2.05, 4.69) is 32.6 Å².